The van der Waals surface area contributed by atoms with Crippen molar-refractivity contribution in [3.8, 4) is 0 Å². The lowest BCUT2D eigenvalue weighted by Gasteiger charge is -2.28. The summed E-state index contributed by atoms with van der Waals surface area (Å²) >= 11 is 4.27. The molecule has 1 N–H and O–H groups in total. The lowest BCUT2D eigenvalue weighted by Crippen LogP contribution is -2.40. The van der Waals surface area contributed by atoms with Gasteiger partial charge in [-0.15, -0.1) is 0 Å². The van der Waals surface area contributed by atoms with Crippen molar-refractivity contribution in [2.24, 2.45) is 0 Å². The van der Waals surface area contributed by atoms with E-state index in [-0.39, 0.29) is 0 Å². The first kappa shape index (κ1) is 6.41. The Bertz CT molecular complexity index is 170. The van der Waals surface area contributed by atoms with Crippen LogP contribution in [-0.4, -0.2) is 26.2 Å². The highest BCUT2D eigenvalue weighted by molar-refractivity contribution is 8.28. The van der Waals surface area contributed by atoms with E-state index in [1.807, 2.05) is 0 Å². The van der Waals surface area contributed by atoms with Crippen LogP contribution in [0.3, 0.4) is 0 Å². The second-order valence-corrected chi connectivity index (χ2v) is 4.45. The van der Waals surface area contributed by atoms with Gasteiger partial charge in [0.1, 0.15) is 0 Å². The molecule has 0 aliphatic carbocycles. The van der Waals surface area contributed by atoms with E-state index in [1.165, 1.54) is 4.31 Å². The summed E-state index contributed by atoms with van der Waals surface area (Å²) in [5, 5.41) is 0. The molecule has 1 unspecified atom stereocenters. The molecule has 0 aromatic rings. The second-order valence-electron chi connectivity index (χ2n) is 1.73. The highest BCUT2D eigenvalue weighted by Crippen LogP contribution is 2.09. The van der Waals surface area contributed by atoms with Crippen molar-refractivity contribution in [1.29, 1.82) is 0 Å². The van der Waals surface area contributed by atoms with Crippen molar-refractivity contribution in [3.05, 3.63) is 0 Å². The van der Waals surface area contributed by atoms with Gasteiger partial charge < -0.3 is 0 Å². The third-order valence-electron chi connectivity index (χ3n) is 1.14. The molecule has 8 heavy (non-hydrogen) atoms. The molecule has 5 heteroatoms. The van der Waals surface area contributed by atoms with Gasteiger partial charge in [0.05, 0.1) is 0 Å². The summed E-state index contributed by atoms with van der Waals surface area (Å²) in [6.07, 6.45) is 0.994. The van der Waals surface area contributed by atoms with Gasteiger partial charge in [-0.2, -0.15) is 0 Å². The zero-order valence-electron chi connectivity index (χ0n) is 4.24. The quantitative estimate of drug-likeness (QED) is 0.568. The van der Waals surface area contributed by atoms with Crippen LogP contribution in [0, 0.1) is 0 Å². The van der Waals surface area contributed by atoms with E-state index in [9.17, 15) is 4.21 Å². The first-order chi connectivity index (χ1) is 3.61. The lowest BCUT2D eigenvalue weighted by molar-refractivity contribution is 0.300. The van der Waals surface area contributed by atoms with Gasteiger partial charge in [-0.05, 0) is 6.42 Å². The largest absolute Gasteiger partial charge is 0.294 e. The van der Waals surface area contributed by atoms with Crippen molar-refractivity contribution in [2.75, 3.05) is 13.1 Å². The molecule has 1 aliphatic rings. The summed E-state index contributed by atoms with van der Waals surface area (Å²) < 4.78 is 20.5. The first-order valence-electron chi connectivity index (χ1n) is 2.33. The van der Waals surface area contributed by atoms with Gasteiger partial charge in [-0.3, -0.25) is 4.55 Å². The molecule has 1 rings (SSSR count). The number of hydrogen-bond donors (Lipinski definition) is 1. The second kappa shape index (κ2) is 1.91. The van der Waals surface area contributed by atoms with E-state index in [0.29, 0.717) is 13.1 Å². The third kappa shape index (κ3) is 1.17. The Hall–Kier alpha value is 0.290. The molecule has 0 saturated carbocycles. The number of nitrogens with zero attached hydrogens (tertiary/aromatic N) is 1. The van der Waals surface area contributed by atoms with Crippen LogP contribution < -0.4 is 0 Å². The normalized spacial score (nSPS) is 28.6. The molecule has 1 aliphatic heterocycles. The zero-order valence-corrected chi connectivity index (χ0v) is 5.87. The minimum Gasteiger partial charge on any atom is -0.294 e. The minimum atomic E-state index is -3.00. The molecule has 3 nitrogen and oxygen atoms in total. The number of rotatable bonds is 1. The van der Waals surface area contributed by atoms with Crippen LogP contribution in [0.15, 0.2) is 0 Å². The Kier molecular flexibility index (Phi) is 1.53. The molecule has 48 valence electrons. The summed E-state index contributed by atoms with van der Waals surface area (Å²) in [6.45, 7) is 1.36. The fourth-order valence-electron chi connectivity index (χ4n) is 0.518. The van der Waals surface area contributed by atoms with Crippen LogP contribution in [-0.2, 0) is 20.1 Å². The van der Waals surface area contributed by atoms with E-state index in [0.717, 1.165) is 6.42 Å². The maximum Gasteiger partial charge on any atom is 0.209 e. The predicted molar refractivity (Wildman–Crippen MR) is 34.3 cm³/mol. The van der Waals surface area contributed by atoms with E-state index >= 15 is 0 Å². The van der Waals surface area contributed by atoms with E-state index in [1.54, 1.807) is 0 Å². The smallest absolute Gasteiger partial charge is 0.209 e. The number of hydrogen-bond acceptors (Lipinski definition) is 2. The van der Waals surface area contributed by atoms with Crippen molar-refractivity contribution in [1.82, 2.24) is 4.31 Å². The molecule has 1 atom stereocenters. The first-order valence-corrected chi connectivity index (χ1v) is 4.73. The monoisotopic (exact) mass is 153 g/mol. The van der Waals surface area contributed by atoms with Crippen LogP contribution >= 0.6 is 0 Å². The Labute approximate surface area is 53.3 Å². The van der Waals surface area contributed by atoms with Gasteiger partial charge in [0.25, 0.3) is 0 Å². The fourth-order valence-corrected chi connectivity index (χ4v) is 1.68. The third-order valence-corrected chi connectivity index (χ3v) is 2.79. The fraction of sp³-hybridized carbons (Fsp3) is 1.00. The van der Waals surface area contributed by atoms with Gasteiger partial charge in [0.15, 0.2) is 0 Å². The Morgan fingerprint density at radius 2 is 2.12 bits per heavy atom. The van der Waals surface area contributed by atoms with Gasteiger partial charge in [0.2, 0.25) is 8.96 Å². The van der Waals surface area contributed by atoms with Crippen LogP contribution in [0.2, 0.25) is 0 Å². The predicted octanol–water partition coefficient (Wildman–Crippen LogP) is -0.174. The van der Waals surface area contributed by atoms with Crippen LogP contribution in [0.5, 0.6) is 0 Å². The zero-order chi connectivity index (χ0) is 6.20. The molecule has 1 heterocycles. The van der Waals surface area contributed by atoms with Crippen LogP contribution in [0.1, 0.15) is 6.42 Å². The van der Waals surface area contributed by atoms with Crippen LogP contribution in [0.25, 0.3) is 0 Å². The average Bonchev–Trinajstić information content (AvgIpc) is 1.16. The molecule has 0 aromatic heterocycles. The summed E-state index contributed by atoms with van der Waals surface area (Å²) in [6, 6.07) is 0. The van der Waals surface area contributed by atoms with Crippen molar-refractivity contribution in [2.45, 2.75) is 6.42 Å². The highest BCUT2D eigenvalue weighted by atomic mass is 32.8. The maximum absolute atomic E-state index is 10.5. The molecule has 1 fully saturated rings. The van der Waals surface area contributed by atoms with E-state index in [2.05, 4.69) is 11.2 Å². The van der Waals surface area contributed by atoms with Crippen molar-refractivity contribution in [3.63, 3.8) is 0 Å². The molecule has 0 radical (unpaired) electrons. The standard InChI is InChI=1S/C3H7NO2S2/c5-8(6,7)4-2-1-3-4/h1-3H2,(H,5,6,7). The molecular weight excluding hydrogens is 146 g/mol. The van der Waals surface area contributed by atoms with Gasteiger partial charge in [-0.25, -0.2) is 8.51 Å². The lowest BCUT2D eigenvalue weighted by atomic mass is 10.3. The van der Waals surface area contributed by atoms with Crippen LogP contribution in [0.4, 0.5) is 0 Å². The summed E-state index contributed by atoms with van der Waals surface area (Å²) in [5.74, 6) is 0. The highest BCUT2D eigenvalue weighted by Gasteiger charge is 2.21. The summed E-state index contributed by atoms with van der Waals surface area (Å²) in [4.78, 5) is 0. The van der Waals surface area contributed by atoms with Gasteiger partial charge >= 0.3 is 0 Å². The molecule has 0 spiro atoms. The molecule has 0 bridgehead atoms. The Morgan fingerprint density at radius 3 is 2.12 bits per heavy atom. The minimum absolute atomic E-state index is 0.679. The molecular formula is C3H7NO2S2. The van der Waals surface area contributed by atoms with Crippen molar-refractivity contribution < 1.29 is 8.76 Å². The van der Waals surface area contributed by atoms with Gasteiger partial charge in [-0.1, -0.05) is 0 Å². The SMILES string of the molecule is O=S(O)(=S)N1CCC1. The van der Waals surface area contributed by atoms with Crippen molar-refractivity contribution >= 4 is 20.1 Å². The summed E-state index contributed by atoms with van der Waals surface area (Å²) in [7, 11) is -3.00. The Balaban J connectivity index is 2.60. The Morgan fingerprint density at radius 1 is 1.62 bits per heavy atom. The topological polar surface area (TPSA) is 40.5 Å². The summed E-state index contributed by atoms with van der Waals surface area (Å²) in [5.41, 5.74) is 0. The average molecular weight is 153 g/mol. The van der Waals surface area contributed by atoms with Gasteiger partial charge in [0, 0.05) is 24.3 Å². The molecule has 0 amide bonds. The van der Waals surface area contributed by atoms with E-state index in [4.69, 9.17) is 4.55 Å². The molecule has 1 saturated heterocycles. The van der Waals surface area contributed by atoms with E-state index < -0.39 is 8.96 Å². The maximum atomic E-state index is 10.5. The molecule has 0 aromatic carbocycles.